The molecule has 4 aliphatic rings. The van der Waals surface area contributed by atoms with E-state index in [4.69, 9.17) is 9.47 Å². The Hall–Kier alpha value is -2.86. The van der Waals surface area contributed by atoms with E-state index in [-0.39, 0.29) is 28.6 Å². The third kappa shape index (κ3) is 4.22. The zero-order valence-corrected chi connectivity index (χ0v) is 20.2. The number of para-hydroxylation sites is 1. The van der Waals surface area contributed by atoms with Crippen LogP contribution in [0.3, 0.4) is 0 Å². The number of likely N-dealkylation sites (tertiary alicyclic amines) is 1. The van der Waals surface area contributed by atoms with Gasteiger partial charge >= 0.3 is 0 Å². The third-order valence-electron chi connectivity index (χ3n) is 8.94. The molecule has 2 aromatic carbocycles. The average molecular weight is 475 g/mol. The summed E-state index contributed by atoms with van der Waals surface area (Å²) in [6.45, 7) is 3.56. The molecular formula is C29H34N2O4. The van der Waals surface area contributed by atoms with Crippen molar-refractivity contribution in [2.45, 2.75) is 50.0 Å². The van der Waals surface area contributed by atoms with Crippen molar-refractivity contribution in [2.75, 3.05) is 32.8 Å². The Balaban J connectivity index is 1.03. The molecule has 0 radical (unpaired) electrons. The summed E-state index contributed by atoms with van der Waals surface area (Å²) in [7, 11) is 0. The number of carbonyl (C=O) groups excluding carboxylic acids is 2. The van der Waals surface area contributed by atoms with Crippen molar-refractivity contribution in [3.63, 3.8) is 0 Å². The monoisotopic (exact) mass is 474 g/mol. The first-order valence-corrected chi connectivity index (χ1v) is 13.0. The Labute approximate surface area is 207 Å². The fraction of sp³-hybridized carbons (Fsp3) is 0.517. The van der Waals surface area contributed by atoms with Gasteiger partial charge in [0.15, 0.2) is 6.10 Å². The summed E-state index contributed by atoms with van der Waals surface area (Å²) >= 11 is 0. The maximum atomic E-state index is 13.2. The number of nitrogens with zero attached hydrogens (tertiary/aromatic N) is 1. The topological polar surface area (TPSA) is 67.9 Å². The maximum absolute atomic E-state index is 13.2. The summed E-state index contributed by atoms with van der Waals surface area (Å²) < 4.78 is 11.6. The van der Waals surface area contributed by atoms with E-state index >= 15 is 0 Å². The van der Waals surface area contributed by atoms with Crippen molar-refractivity contribution in [3.05, 3.63) is 65.7 Å². The van der Waals surface area contributed by atoms with Gasteiger partial charge in [-0.3, -0.25) is 9.59 Å². The molecule has 2 atom stereocenters. The summed E-state index contributed by atoms with van der Waals surface area (Å²) in [4.78, 5) is 28.2. The normalized spacial score (nSPS) is 26.0. The lowest BCUT2D eigenvalue weighted by Gasteiger charge is -2.38. The van der Waals surface area contributed by atoms with Crippen molar-refractivity contribution < 1.29 is 19.1 Å². The van der Waals surface area contributed by atoms with E-state index in [0.717, 1.165) is 56.6 Å². The number of hydrogen-bond acceptors (Lipinski definition) is 4. The number of hydrogen-bond donors (Lipinski definition) is 1. The van der Waals surface area contributed by atoms with E-state index in [9.17, 15) is 9.59 Å². The van der Waals surface area contributed by atoms with Gasteiger partial charge in [-0.2, -0.15) is 0 Å². The van der Waals surface area contributed by atoms with Crippen LogP contribution in [0.5, 0.6) is 5.75 Å². The smallest absolute Gasteiger partial charge is 0.263 e. The van der Waals surface area contributed by atoms with Gasteiger partial charge in [0.05, 0.1) is 0 Å². The van der Waals surface area contributed by atoms with E-state index in [1.54, 1.807) is 0 Å². The van der Waals surface area contributed by atoms with Crippen LogP contribution in [0.2, 0.25) is 0 Å². The molecule has 0 bridgehead atoms. The van der Waals surface area contributed by atoms with Crippen molar-refractivity contribution in [1.29, 1.82) is 0 Å². The highest BCUT2D eigenvalue weighted by atomic mass is 16.5. The zero-order chi connectivity index (χ0) is 23.9. The van der Waals surface area contributed by atoms with Gasteiger partial charge in [0, 0.05) is 50.6 Å². The minimum Gasteiger partial charge on any atom is -0.480 e. The molecule has 1 spiro atoms. The van der Waals surface area contributed by atoms with Crippen molar-refractivity contribution in [3.8, 4) is 5.75 Å². The number of benzene rings is 2. The number of nitrogens with one attached hydrogen (secondary N) is 1. The van der Waals surface area contributed by atoms with Gasteiger partial charge in [0.1, 0.15) is 5.75 Å². The number of amides is 2. The molecular weight excluding hydrogens is 440 g/mol. The highest BCUT2D eigenvalue weighted by molar-refractivity contribution is 5.84. The van der Waals surface area contributed by atoms with Crippen molar-refractivity contribution in [1.82, 2.24) is 10.2 Å². The molecule has 2 saturated heterocycles. The van der Waals surface area contributed by atoms with E-state index in [0.29, 0.717) is 26.1 Å². The average Bonchev–Trinajstić information content (AvgIpc) is 3.43. The number of fused-ring (bicyclic) bond motifs is 1. The van der Waals surface area contributed by atoms with E-state index in [1.807, 2.05) is 35.2 Å². The summed E-state index contributed by atoms with van der Waals surface area (Å²) in [5, 5.41) is 3.32. The molecule has 6 rings (SSSR count). The van der Waals surface area contributed by atoms with Crippen LogP contribution < -0.4 is 10.1 Å². The number of piperidine rings is 1. The van der Waals surface area contributed by atoms with Crippen molar-refractivity contribution in [2.24, 2.45) is 11.3 Å². The second-order valence-electron chi connectivity index (χ2n) is 10.8. The predicted molar refractivity (Wildman–Crippen MR) is 132 cm³/mol. The summed E-state index contributed by atoms with van der Waals surface area (Å²) in [6, 6.07) is 18.4. The second kappa shape index (κ2) is 8.98. The Morgan fingerprint density at radius 2 is 1.66 bits per heavy atom. The first-order chi connectivity index (χ1) is 17.1. The summed E-state index contributed by atoms with van der Waals surface area (Å²) in [5.74, 6) is 1.17. The van der Waals surface area contributed by atoms with Gasteiger partial charge in [-0.25, -0.2) is 0 Å². The fourth-order valence-electron chi connectivity index (χ4n) is 6.47. The highest BCUT2D eigenvalue weighted by Crippen LogP contribution is 2.59. The SMILES string of the molecule is O=C(NCC1(c2ccccc2)CCOCC1)[C@H]1CC12CCN(C(=O)[C@H]1Cc3ccccc3O1)CC2. The molecule has 1 N–H and O–H groups in total. The first kappa shape index (κ1) is 22.6. The van der Waals surface area contributed by atoms with Gasteiger partial charge in [-0.1, -0.05) is 48.5 Å². The molecule has 184 valence electrons. The lowest BCUT2D eigenvalue weighted by atomic mass is 9.74. The Kier molecular flexibility index (Phi) is 5.79. The van der Waals surface area contributed by atoms with E-state index < -0.39 is 6.10 Å². The number of ether oxygens (including phenoxy) is 2. The third-order valence-corrected chi connectivity index (χ3v) is 8.94. The van der Waals surface area contributed by atoms with Gasteiger partial charge in [0.25, 0.3) is 5.91 Å². The summed E-state index contributed by atoms with van der Waals surface area (Å²) in [6.07, 6.45) is 4.83. The zero-order valence-electron chi connectivity index (χ0n) is 20.2. The first-order valence-electron chi connectivity index (χ1n) is 13.0. The Bertz CT molecular complexity index is 1060. The molecule has 0 unspecified atom stereocenters. The van der Waals surface area contributed by atoms with E-state index in [1.165, 1.54) is 5.56 Å². The maximum Gasteiger partial charge on any atom is 0.263 e. The molecule has 2 amide bonds. The second-order valence-corrected chi connectivity index (χ2v) is 10.8. The quantitative estimate of drug-likeness (QED) is 0.721. The minimum atomic E-state index is -0.409. The lowest BCUT2D eigenvalue weighted by Crippen LogP contribution is -2.47. The van der Waals surface area contributed by atoms with Crippen LogP contribution in [-0.4, -0.2) is 55.7 Å². The molecule has 35 heavy (non-hydrogen) atoms. The van der Waals surface area contributed by atoms with Crippen LogP contribution in [0.4, 0.5) is 0 Å². The summed E-state index contributed by atoms with van der Waals surface area (Å²) in [5.41, 5.74) is 2.41. The Morgan fingerprint density at radius 1 is 0.943 bits per heavy atom. The number of carbonyl (C=O) groups is 2. The molecule has 0 aromatic heterocycles. The van der Waals surface area contributed by atoms with E-state index in [2.05, 4.69) is 29.6 Å². The highest BCUT2D eigenvalue weighted by Gasteiger charge is 2.59. The fourth-order valence-corrected chi connectivity index (χ4v) is 6.47. The molecule has 1 aliphatic carbocycles. The molecule has 2 aromatic rings. The molecule has 3 fully saturated rings. The van der Waals surface area contributed by atoms with Crippen molar-refractivity contribution >= 4 is 11.8 Å². The van der Waals surface area contributed by atoms with Crippen LogP contribution in [-0.2, 0) is 26.2 Å². The molecule has 6 nitrogen and oxygen atoms in total. The van der Waals surface area contributed by atoms with Gasteiger partial charge < -0.3 is 19.7 Å². The van der Waals surface area contributed by atoms with Crippen LogP contribution in [0.25, 0.3) is 0 Å². The van der Waals surface area contributed by atoms with Gasteiger partial charge in [-0.05, 0) is 54.7 Å². The molecule has 3 heterocycles. The van der Waals surface area contributed by atoms with Crippen LogP contribution in [0.1, 0.15) is 43.2 Å². The van der Waals surface area contributed by atoms with Crippen LogP contribution in [0.15, 0.2) is 54.6 Å². The number of rotatable bonds is 5. The molecule has 6 heteroatoms. The largest absolute Gasteiger partial charge is 0.480 e. The van der Waals surface area contributed by atoms with Gasteiger partial charge in [-0.15, -0.1) is 0 Å². The van der Waals surface area contributed by atoms with Crippen LogP contribution >= 0.6 is 0 Å². The lowest BCUT2D eigenvalue weighted by molar-refractivity contribution is -0.139. The molecule has 1 saturated carbocycles. The Morgan fingerprint density at radius 3 is 2.40 bits per heavy atom. The molecule has 3 aliphatic heterocycles. The standard InChI is InChI=1S/C29H34N2O4/c32-26(30-20-29(12-16-34-17-13-29)22-7-2-1-3-8-22)23-19-28(23)10-14-31(15-11-28)27(33)25-18-21-6-4-5-9-24(21)35-25/h1-9,23,25H,10-20H2,(H,30,32)/t23-,25-/m1/s1. The van der Waals surface area contributed by atoms with Gasteiger partial charge in [0.2, 0.25) is 5.91 Å². The van der Waals surface area contributed by atoms with Crippen LogP contribution in [0, 0.1) is 11.3 Å². The minimum absolute atomic E-state index is 0.0497. The predicted octanol–water partition coefficient (Wildman–Crippen LogP) is 3.48.